The molecule has 0 aromatic carbocycles. The standard InChI is InChI=1S/C5H12.2C4H10.C3H9N.C2H6/c1-4-5(2)3;3*1-3-4-2;1-2/h5H,4H2,1-3H3;2*3-4H2,1-2H3;4H,3H2,1-2H3;1-2H3. The van der Waals surface area contributed by atoms with Crippen LogP contribution < -0.4 is 5.32 Å². The number of hydrogen-bond donors (Lipinski definition) is 1. The molecule has 0 unspecified atom stereocenters. The van der Waals surface area contributed by atoms with E-state index in [0.29, 0.717) is 0 Å². The van der Waals surface area contributed by atoms with Gasteiger partial charge in [-0.2, -0.15) is 0 Å². The van der Waals surface area contributed by atoms with E-state index in [9.17, 15) is 0 Å². The molecule has 0 aliphatic carbocycles. The Morgan fingerprint density at radius 2 is 0.842 bits per heavy atom. The Morgan fingerprint density at radius 1 is 0.684 bits per heavy atom. The van der Waals surface area contributed by atoms with Crippen LogP contribution in [-0.4, -0.2) is 13.6 Å². The molecule has 1 heteroatoms. The van der Waals surface area contributed by atoms with Crippen LogP contribution in [0.15, 0.2) is 0 Å². The molecule has 0 fully saturated rings. The minimum absolute atomic E-state index is 0.884. The van der Waals surface area contributed by atoms with Gasteiger partial charge in [0, 0.05) is 0 Å². The van der Waals surface area contributed by atoms with Crippen LogP contribution in [0.5, 0.6) is 0 Å². The number of rotatable bonds is 4. The van der Waals surface area contributed by atoms with E-state index in [0.717, 1.165) is 12.5 Å². The summed E-state index contributed by atoms with van der Waals surface area (Å²) in [4.78, 5) is 0. The van der Waals surface area contributed by atoms with Gasteiger partial charge in [0.2, 0.25) is 0 Å². The first-order chi connectivity index (χ1) is 9.01. The average Bonchev–Trinajstić information content (AvgIpc) is 2.49. The molecular formula is C18H47N. The summed E-state index contributed by atoms with van der Waals surface area (Å²) in [6.07, 6.45) is 6.58. The third kappa shape index (κ3) is 186. The summed E-state index contributed by atoms with van der Waals surface area (Å²) in [7, 11) is 1.93. The van der Waals surface area contributed by atoms with Gasteiger partial charge in [0.1, 0.15) is 0 Å². The zero-order chi connectivity index (χ0) is 16.5. The topological polar surface area (TPSA) is 12.0 Å². The maximum absolute atomic E-state index is 2.93. The maximum atomic E-state index is 2.93. The Labute approximate surface area is 127 Å². The van der Waals surface area contributed by atoms with Crippen molar-refractivity contribution in [3.05, 3.63) is 0 Å². The smallest absolute Gasteiger partial charge is 0.00804 e. The lowest BCUT2D eigenvalue weighted by atomic mass is 10.2. The second-order valence-electron chi connectivity index (χ2n) is 4.51. The lowest BCUT2D eigenvalue weighted by Crippen LogP contribution is -2.01. The minimum Gasteiger partial charge on any atom is -0.320 e. The van der Waals surface area contributed by atoms with Gasteiger partial charge in [0.15, 0.2) is 0 Å². The van der Waals surface area contributed by atoms with Crippen LogP contribution in [0.4, 0.5) is 0 Å². The highest BCUT2D eigenvalue weighted by Gasteiger charge is 1.80. The molecule has 0 spiro atoms. The van der Waals surface area contributed by atoms with Crippen LogP contribution in [-0.2, 0) is 0 Å². The van der Waals surface area contributed by atoms with E-state index >= 15 is 0 Å². The third-order valence-electron chi connectivity index (χ3n) is 2.17. The van der Waals surface area contributed by atoms with Gasteiger partial charge in [-0.15, -0.1) is 0 Å². The molecule has 0 aliphatic rings. The van der Waals surface area contributed by atoms with Crippen LogP contribution in [0.25, 0.3) is 0 Å². The molecular weight excluding hydrogens is 230 g/mol. The van der Waals surface area contributed by atoms with Gasteiger partial charge in [-0.05, 0) is 19.5 Å². The van der Waals surface area contributed by atoms with Crippen LogP contribution in [0.1, 0.15) is 101 Å². The Morgan fingerprint density at radius 3 is 0.842 bits per heavy atom. The molecule has 0 aromatic rings. The predicted molar refractivity (Wildman–Crippen MR) is 97.2 cm³/mol. The maximum Gasteiger partial charge on any atom is -0.00804 e. The average molecular weight is 278 g/mol. The molecule has 0 amide bonds. The molecule has 1 nitrogen and oxygen atoms in total. The summed E-state index contributed by atoms with van der Waals surface area (Å²) >= 11 is 0. The van der Waals surface area contributed by atoms with E-state index < -0.39 is 0 Å². The fourth-order valence-electron chi connectivity index (χ4n) is 0. The second-order valence-corrected chi connectivity index (χ2v) is 4.51. The number of unbranched alkanes of at least 4 members (excludes halogenated alkanes) is 2. The molecule has 0 heterocycles. The monoisotopic (exact) mass is 277 g/mol. The Balaban J connectivity index is -0.0000000441. The highest BCUT2D eigenvalue weighted by atomic mass is 14.8. The summed E-state index contributed by atoms with van der Waals surface area (Å²) in [5.41, 5.74) is 0. The van der Waals surface area contributed by atoms with Gasteiger partial charge < -0.3 is 5.32 Å². The number of nitrogens with one attached hydrogen (secondary N) is 1. The van der Waals surface area contributed by atoms with Gasteiger partial charge in [-0.3, -0.25) is 0 Å². The van der Waals surface area contributed by atoms with Crippen molar-refractivity contribution in [2.45, 2.75) is 101 Å². The van der Waals surface area contributed by atoms with Gasteiger partial charge in [-0.1, -0.05) is 101 Å². The van der Waals surface area contributed by atoms with Crippen molar-refractivity contribution in [2.75, 3.05) is 13.6 Å². The SMILES string of the molecule is CC.CCC(C)C.CCCC.CCCC.CCNC. The molecule has 0 aliphatic heterocycles. The van der Waals surface area contributed by atoms with E-state index in [2.05, 4.69) is 60.7 Å². The highest BCUT2D eigenvalue weighted by Crippen LogP contribution is 1.93. The Kier molecular flexibility index (Phi) is 86.0. The first kappa shape index (κ1) is 31.4. The van der Waals surface area contributed by atoms with Crippen LogP contribution in [0, 0.1) is 5.92 Å². The van der Waals surface area contributed by atoms with E-state index in [1.54, 1.807) is 0 Å². The lowest BCUT2D eigenvalue weighted by Gasteiger charge is -1.90. The Bertz CT molecular complexity index is 54.6. The Hall–Kier alpha value is -0.0400. The van der Waals surface area contributed by atoms with Crippen molar-refractivity contribution in [1.29, 1.82) is 0 Å². The van der Waals surface area contributed by atoms with E-state index in [1.807, 2.05) is 20.9 Å². The van der Waals surface area contributed by atoms with E-state index in [4.69, 9.17) is 0 Å². The van der Waals surface area contributed by atoms with Crippen molar-refractivity contribution in [2.24, 2.45) is 5.92 Å². The first-order valence-corrected chi connectivity index (χ1v) is 8.66. The molecule has 0 atom stereocenters. The molecule has 0 saturated carbocycles. The van der Waals surface area contributed by atoms with Gasteiger partial charge in [0.25, 0.3) is 0 Å². The summed E-state index contributed by atoms with van der Waals surface area (Å²) < 4.78 is 0. The van der Waals surface area contributed by atoms with Crippen molar-refractivity contribution < 1.29 is 0 Å². The molecule has 0 rings (SSSR count). The predicted octanol–water partition coefficient (Wildman–Crippen LogP) is 6.92. The van der Waals surface area contributed by atoms with Crippen molar-refractivity contribution in [3.63, 3.8) is 0 Å². The van der Waals surface area contributed by atoms with Crippen LogP contribution in [0.2, 0.25) is 0 Å². The van der Waals surface area contributed by atoms with E-state index in [1.165, 1.54) is 32.1 Å². The molecule has 0 saturated heterocycles. The highest BCUT2D eigenvalue weighted by molar-refractivity contribution is 4.32. The first-order valence-electron chi connectivity index (χ1n) is 8.66. The van der Waals surface area contributed by atoms with Crippen molar-refractivity contribution in [3.8, 4) is 0 Å². The second kappa shape index (κ2) is 52.1. The summed E-state index contributed by atoms with van der Waals surface area (Å²) in [5, 5.41) is 2.93. The molecule has 1 N–H and O–H groups in total. The molecule has 0 radical (unpaired) electrons. The summed E-state index contributed by atoms with van der Waals surface area (Å²) in [5.74, 6) is 0.884. The van der Waals surface area contributed by atoms with Crippen LogP contribution in [0.3, 0.4) is 0 Å². The van der Waals surface area contributed by atoms with Crippen molar-refractivity contribution in [1.82, 2.24) is 5.32 Å². The van der Waals surface area contributed by atoms with Crippen molar-refractivity contribution >= 4 is 0 Å². The molecule has 124 valence electrons. The van der Waals surface area contributed by atoms with E-state index in [-0.39, 0.29) is 0 Å². The minimum atomic E-state index is 0.884. The molecule has 19 heavy (non-hydrogen) atoms. The quantitative estimate of drug-likeness (QED) is 0.588. The molecule has 0 bridgehead atoms. The third-order valence-corrected chi connectivity index (χ3v) is 2.17. The normalized spacial score (nSPS) is 7.58. The fraction of sp³-hybridized carbons (Fsp3) is 1.00. The van der Waals surface area contributed by atoms with Crippen LogP contribution >= 0.6 is 0 Å². The zero-order valence-corrected chi connectivity index (χ0v) is 16.3. The van der Waals surface area contributed by atoms with Gasteiger partial charge in [0.05, 0.1) is 0 Å². The lowest BCUT2D eigenvalue weighted by molar-refractivity contribution is 0.626. The fourth-order valence-corrected chi connectivity index (χ4v) is 0. The zero-order valence-electron chi connectivity index (χ0n) is 16.3. The largest absolute Gasteiger partial charge is 0.320 e. The summed E-state index contributed by atoms with van der Waals surface area (Å²) in [6.45, 7) is 22.5. The van der Waals surface area contributed by atoms with Gasteiger partial charge in [-0.25, -0.2) is 0 Å². The summed E-state index contributed by atoms with van der Waals surface area (Å²) in [6, 6.07) is 0. The number of hydrogen-bond acceptors (Lipinski definition) is 1. The van der Waals surface area contributed by atoms with Gasteiger partial charge >= 0.3 is 0 Å². The molecule has 0 aromatic heterocycles.